The van der Waals surface area contributed by atoms with E-state index < -0.39 is 17.6 Å². The summed E-state index contributed by atoms with van der Waals surface area (Å²) >= 11 is 3.96. The number of carbonyl (C=O) groups excluding carboxylic acids is 1. The highest BCUT2D eigenvalue weighted by Crippen LogP contribution is 2.31. The summed E-state index contributed by atoms with van der Waals surface area (Å²) in [6, 6.07) is 12.0. The van der Waals surface area contributed by atoms with Gasteiger partial charge in [0.1, 0.15) is 5.69 Å². The number of carbonyl (C=O) groups is 1. The Morgan fingerprint density at radius 1 is 1.16 bits per heavy atom. The molecule has 0 saturated carbocycles. The van der Waals surface area contributed by atoms with E-state index in [4.69, 9.17) is 0 Å². The summed E-state index contributed by atoms with van der Waals surface area (Å²) in [5.74, 6) is -1.44. The van der Waals surface area contributed by atoms with Gasteiger partial charge in [-0.1, -0.05) is 37.1 Å². The Kier molecular flexibility index (Phi) is 3.91. The van der Waals surface area contributed by atoms with Crippen molar-refractivity contribution in [1.82, 2.24) is 0 Å². The second-order valence-electron chi connectivity index (χ2n) is 3.72. The minimum Gasteiger partial charge on any atom is -0.503 e. The lowest BCUT2D eigenvalue weighted by Gasteiger charge is -2.17. The summed E-state index contributed by atoms with van der Waals surface area (Å²) in [5, 5.41) is 12.1. The number of hydrogen-bond donors (Lipinski definition) is 3. The molecule has 19 heavy (non-hydrogen) atoms. The van der Waals surface area contributed by atoms with Gasteiger partial charge >= 0.3 is 6.03 Å². The van der Waals surface area contributed by atoms with E-state index in [1.54, 1.807) is 24.3 Å². The predicted octanol–water partition coefficient (Wildman–Crippen LogP) is 3.41. The van der Waals surface area contributed by atoms with Crippen molar-refractivity contribution in [1.29, 1.82) is 0 Å². The number of hydrogen-bond acceptors (Lipinski definition) is 3. The van der Waals surface area contributed by atoms with Gasteiger partial charge in [0.25, 0.3) is 0 Å². The molecule has 0 atom stereocenters. The van der Waals surface area contributed by atoms with E-state index in [-0.39, 0.29) is 5.69 Å². The number of para-hydroxylation sites is 2. The molecule has 0 aliphatic rings. The first-order chi connectivity index (χ1) is 9.09. The SMILES string of the molecule is O=C(Nc1ccccc1)N(S)c1cccc(F)c1O. The predicted molar refractivity (Wildman–Crippen MR) is 75.0 cm³/mol. The molecule has 0 spiro atoms. The zero-order valence-electron chi connectivity index (χ0n) is 9.75. The molecule has 2 aromatic rings. The molecule has 0 aliphatic carbocycles. The van der Waals surface area contributed by atoms with E-state index in [2.05, 4.69) is 18.1 Å². The fourth-order valence-corrected chi connectivity index (χ4v) is 1.69. The summed E-state index contributed by atoms with van der Waals surface area (Å²) in [4.78, 5) is 11.9. The molecule has 2 aromatic carbocycles. The van der Waals surface area contributed by atoms with Gasteiger partial charge in [0.15, 0.2) is 11.6 Å². The van der Waals surface area contributed by atoms with E-state index in [0.29, 0.717) is 5.69 Å². The molecule has 2 rings (SSSR count). The van der Waals surface area contributed by atoms with E-state index in [9.17, 15) is 14.3 Å². The number of benzene rings is 2. The van der Waals surface area contributed by atoms with Crippen molar-refractivity contribution >= 4 is 30.2 Å². The molecule has 0 bridgehead atoms. The van der Waals surface area contributed by atoms with Gasteiger partial charge in [-0.2, -0.15) is 0 Å². The Morgan fingerprint density at radius 2 is 1.84 bits per heavy atom. The van der Waals surface area contributed by atoms with Gasteiger partial charge in [0.05, 0.1) is 0 Å². The summed E-state index contributed by atoms with van der Waals surface area (Å²) < 4.78 is 14.0. The molecule has 0 fully saturated rings. The second-order valence-corrected chi connectivity index (χ2v) is 4.12. The molecular formula is C13H11FN2O2S. The lowest BCUT2D eigenvalue weighted by atomic mass is 10.3. The molecule has 0 aromatic heterocycles. The van der Waals surface area contributed by atoms with Crippen LogP contribution < -0.4 is 9.62 Å². The Morgan fingerprint density at radius 3 is 2.53 bits per heavy atom. The van der Waals surface area contributed by atoms with E-state index in [0.717, 1.165) is 10.4 Å². The summed E-state index contributed by atoms with van der Waals surface area (Å²) in [6.45, 7) is 0. The first kappa shape index (κ1) is 13.2. The number of amides is 2. The lowest BCUT2D eigenvalue weighted by Crippen LogP contribution is -2.26. The maximum atomic E-state index is 13.2. The van der Waals surface area contributed by atoms with Gasteiger partial charge in [0.2, 0.25) is 0 Å². The molecule has 0 heterocycles. The van der Waals surface area contributed by atoms with E-state index in [1.807, 2.05) is 6.07 Å². The third-order valence-electron chi connectivity index (χ3n) is 2.41. The minimum absolute atomic E-state index is 0.0308. The molecule has 2 N–H and O–H groups in total. The number of phenolic OH excluding ortho intramolecular Hbond substituents is 1. The Balaban J connectivity index is 2.17. The number of phenols is 1. The number of nitrogens with one attached hydrogen (secondary N) is 1. The van der Waals surface area contributed by atoms with Gasteiger partial charge in [0, 0.05) is 5.69 Å². The quantitative estimate of drug-likeness (QED) is 0.737. The van der Waals surface area contributed by atoms with E-state index >= 15 is 0 Å². The largest absolute Gasteiger partial charge is 0.503 e. The number of rotatable bonds is 2. The molecule has 0 radical (unpaired) electrons. The van der Waals surface area contributed by atoms with Crippen molar-refractivity contribution in [2.24, 2.45) is 0 Å². The minimum atomic E-state index is -0.816. The van der Waals surface area contributed by atoms with Gasteiger partial charge < -0.3 is 10.4 Å². The normalized spacial score (nSPS) is 10.0. The number of urea groups is 1. The zero-order chi connectivity index (χ0) is 13.8. The van der Waals surface area contributed by atoms with Crippen LogP contribution in [-0.4, -0.2) is 11.1 Å². The third kappa shape index (κ3) is 2.97. The van der Waals surface area contributed by atoms with Gasteiger partial charge in [-0.3, -0.25) is 0 Å². The second kappa shape index (κ2) is 5.62. The first-order valence-corrected chi connectivity index (χ1v) is 5.82. The molecule has 0 saturated heterocycles. The average Bonchev–Trinajstić information content (AvgIpc) is 2.42. The maximum Gasteiger partial charge on any atom is 0.336 e. The molecular weight excluding hydrogens is 267 g/mol. The lowest BCUT2D eigenvalue weighted by molar-refractivity contribution is 0.260. The number of halogens is 1. The van der Waals surface area contributed by atoms with Crippen LogP contribution in [0.1, 0.15) is 0 Å². The van der Waals surface area contributed by atoms with Crippen molar-refractivity contribution in [3.8, 4) is 5.75 Å². The van der Waals surface area contributed by atoms with Crippen LogP contribution >= 0.6 is 12.8 Å². The topological polar surface area (TPSA) is 52.6 Å². The Labute approximate surface area is 115 Å². The van der Waals surface area contributed by atoms with Crippen LogP contribution in [0, 0.1) is 5.82 Å². The number of nitrogens with zero attached hydrogens (tertiary/aromatic N) is 1. The monoisotopic (exact) mass is 278 g/mol. The van der Waals surface area contributed by atoms with Gasteiger partial charge in [-0.05, 0) is 24.3 Å². The molecule has 6 heteroatoms. The van der Waals surface area contributed by atoms with Crippen molar-refractivity contribution in [3.63, 3.8) is 0 Å². The highest BCUT2D eigenvalue weighted by molar-refractivity contribution is 7.82. The summed E-state index contributed by atoms with van der Waals surface area (Å²) in [7, 11) is 0. The fraction of sp³-hybridized carbons (Fsp3) is 0. The third-order valence-corrected chi connectivity index (χ3v) is 2.81. The molecule has 0 unspecified atom stereocenters. The fourth-order valence-electron chi connectivity index (χ4n) is 1.48. The maximum absolute atomic E-state index is 13.2. The van der Waals surface area contributed by atoms with Crippen LogP contribution in [-0.2, 0) is 0 Å². The van der Waals surface area contributed by atoms with Crippen LogP contribution in [0.25, 0.3) is 0 Å². The van der Waals surface area contributed by atoms with Crippen LogP contribution in [0.15, 0.2) is 48.5 Å². The smallest absolute Gasteiger partial charge is 0.336 e. The Hall–Kier alpha value is -2.21. The van der Waals surface area contributed by atoms with E-state index in [1.165, 1.54) is 12.1 Å². The van der Waals surface area contributed by atoms with Gasteiger partial charge in [-0.25, -0.2) is 13.5 Å². The van der Waals surface area contributed by atoms with Crippen LogP contribution in [0.5, 0.6) is 5.75 Å². The average molecular weight is 278 g/mol. The van der Waals surface area contributed by atoms with Crippen molar-refractivity contribution in [2.45, 2.75) is 0 Å². The highest BCUT2D eigenvalue weighted by Gasteiger charge is 2.17. The molecule has 2 amide bonds. The van der Waals surface area contributed by atoms with Crippen LogP contribution in [0.3, 0.4) is 0 Å². The van der Waals surface area contributed by atoms with Crippen LogP contribution in [0.2, 0.25) is 0 Å². The van der Waals surface area contributed by atoms with Crippen molar-refractivity contribution in [2.75, 3.05) is 9.62 Å². The summed E-state index contributed by atoms with van der Waals surface area (Å²) in [6.07, 6.45) is 0. The van der Waals surface area contributed by atoms with Gasteiger partial charge in [-0.15, -0.1) is 0 Å². The molecule has 98 valence electrons. The van der Waals surface area contributed by atoms with Crippen molar-refractivity contribution in [3.05, 3.63) is 54.3 Å². The molecule has 4 nitrogen and oxygen atoms in total. The number of thiol groups is 1. The van der Waals surface area contributed by atoms with Crippen LogP contribution in [0.4, 0.5) is 20.6 Å². The standard InChI is InChI=1S/C13H11FN2O2S/c14-10-7-4-8-11(12(10)17)16(19)13(18)15-9-5-2-1-3-6-9/h1-8,17,19H,(H,15,18). The summed E-state index contributed by atoms with van der Waals surface area (Å²) in [5.41, 5.74) is 0.541. The number of aromatic hydroxyl groups is 1. The Bertz CT molecular complexity index is 592. The first-order valence-electron chi connectivity index (χ1n) is 5.42. The highest BCUT2D eigenvalue weighted by atomic mass is 32.1. The molecule has 0 aliphatic heterocycles. The van der Waals surface area contributed by atoms with Crippen molar-refractivity contribution < 1.29 is 14.3 Å². The number of anilines is 2. The zero-order valence-corrected chi connectivity index (χ0v) is 10.6.